The topological polar surface area (TPSA) is 82.7 Å². The summed E-state index contributed by atoms with van der Waals surface area (Å²) in [5.41, 5.74) is 0.497. The maximum Gasteiger partial charge on any atom is 0.258 e. The standard InChI is InChI=1S/C17H11ClFNO4/c18-11-7-6-10(8-12(11)19)15-13(21)14(22)17(24-15)20-16(23)9-4-2-1-3-5-9/h1-8,21-22H,(H,20,23). The van der Waals surface area contributed by atoms with E-state index in [1.54, 1.807) is 30.3 Å². The first-order chi connectivity index (χ1) is 11.5. The summed E-state index contributed by atoms with van der Waals surface area (Å²) < 4.78 is 18.8. The molecule has 0 saturated carbocycles. The summed E-state index contributed by atoms with van der Waals surface area (Å²) in [5.74, 6) is -3.03. The highest BCUT2D eigenvalue weighted by Gasteiger charge is 2.23. The van der Waals surface area contributed by atoms with Crippen molar-refractivity contribution in [3.8, 4) is 22.8 Å². The van der Waals surface area contributed by atoms with Crippen molar-refractivity contribution in [3.05, 3.63) is 64.9 Å². The maximum absolute atomic E-state index is 13.5. The van der Waals surface area contributed by atoms with Crippen molar-refractivity contribution in [2.45, 2.75) is 0 Å². The van der Waals surface area contributed by atoms with Gasteiger partial charge in [-0.2, -0.15) is 0 Å². The van der Waals surface area contributed by atoms with Crippen LogP contribution in [0.3, 0.4) is 0 Å². The fourth-order valence-electron chi connectivity index (χ4n) is 2.10. The third-order valence-electron chi connectivity index (χ3n) is 3.30. The van der Waals surface area contributed by atoms with Crippen molar-refractivity contribution in [3.63, 3.8) is 0 Å². The second kappa shape index (κ2) is 6.25. The Labute approximate surface area is 140 Å². The monoisotopic (exact) mass is 347 g/mol. The highest BCUT2D eigenvalue weighted by atomic mass is 35.5. The predicted molar refractivity (Wildman–Crippen MR) is 86.8 cm³/mol. The molecule has 3 aromatic rings. The maximum atomic E-state index is 13.5. The highest BCUT2D eigenvalue weighted by Crippen LogP contribution is 2.45. The van der Waals surface area contributed by atoms with Gasteiger partial charge in [0.05, 0.1) is 5.02 Å². The van der Waals surface area contributed by atoms with Crippen molar-refractivity contribution in [1.82, 2.24) is 0 Å². The summed E-state index contributed by atoms with van der Waals surface area (Å²) in [7, 11) is 0. The van der Waals surface area contributed by atoms with E-state index >= 15 is 0 Å². The van der Waals surface area contributed by atoms with Crippen molar-refractivity contribution in [1.29, 1.82) is 0 Å². The second-order valence-electron chi connectivity index (χ2n) is 4.91. The van der Waals surface area contributed by atoms with E-state index in [0.29, 0.717) is 5.56 Å². The first kappa shape index (κ1) is 15.9. The Balaban J connectivity index is 1.94. The van der Waals surface area contributed by atoms with Gasteiger partial charge in [-0.25, -0.2) is 4.39 Å². The molecule has 5 nitrogen and oxygen atoms in total. The fraction of sp³-hybridized carbons (Fsp3) is 0. The van der Waals surface area contributed by atoms with Gasteiger partial charge in [0.25, 0.3) is 5.91 Å². The molecule has 2 aromatic carbocycles. The van der Waals surface area contributed by atoms with Crippen LogP contribution in [-0.2, 0) is 0 Å². The number of carbonyl (C=O) groups is 1. The number of anilines is 1. The number of amides is 1. The van der Waals surface area contributed by atoms with Crippen LogP contribution in [-0.4, -0.2) is 16.1 Å². The van der Waals surface area contributed by atoms with Crippen molar-refractivity contribution >= 4 is 23.4 Å². The van der Waals surface area contributed by atoms with E-state index in [2.05, 4.69) is 5.32 Å². The van der Waals surface area contributed by atoms with Crippen molar-refractivity contribution in [2.75, 3.05) is 5.32 Å². The molecule has 0 bridgehead atoms. The summed E-state index contributed by atoms with van der Waals surface area (Å²) in [6.07, 6.45) is 0. The van der Waals surface area contributed by atoms with Crippen LogP contribution < -0.4 is 5.32 Å². The Hall–Kier alpha value is -2.99. The molecule has 7 heteroatoms. The predicted octanol–water partition coefficient (Wildman–Crippen LogP) is 4.40. The molecule has 1 aromatic heterocycles. The van der Waals surface area contributed by atoms with Gasteiger partial charge in [0.1, 0.15) is 5.82 Å². The molecule has 122 valence electrons. The zero-order chi connectivity index (χ0) is 17.3. The summed E-state index contributed by atoms with van der Waals surface area (Å²) in [6.45, 7) is 0. The van der Waals surface area contributed by atoms with E-state index in [4.69, 9.17) is 16.0 Å². The van der Waals surface area contributed by atoms with E-state index in [0.717, 1.165) is 6.07 Å². The summed E-state index contributed by atoms with van der Waals surface area (Å²) in [4.78, 5) is 12.1. The Bertz CT molecular complexity index is 908. The van der Waals surface area contributed by atoms with E-state index in [1.807, 2.05) is 0 Å². The lowest BCUT2D eigenvalue weighted by atomic mass is 10.1. The Morgan fingerprint density at radius 2 is 1.79 bits per heavy atom. The van der Waals surface area contributed by atoms with E-state index in [9.17, 15) is 19.4 Å². The Kier molecular flexibility index (Phi) is 4.14. The fourth-order valence-corrected chi connectivity index (χ4v) is 2.21. The molecule has 0 atom stereocenters. The van der Waals surface area contributed by atoms with Crippen LogP contribution in [0.25, 0.3) is 11.3 Å². The van der Waals surface area contributed by atoms with E-state index in [1.165, 1.54) is 12.1 Å². The minimum absolute atomic E-state index is 0.0911. The number of nitrogens with one attached hydrogen (secondary N) is 1. The number of halogens is 2. The van der Waals surface area contributed by atoms with E-state index < -0.39 is 23.2 Å². The molecule has 1 amide bonds. The average molecular weight is 348 g/mol. The molecule has 1 heterocycles. The molecule has 0 saturated heterocycles. The van der Waals surface area contributed by atoms with Gasteiger partial charge < -0.3 is 14.6 Å². The zero-order valence-electron chi connectivity index (χ0n) is 12.1. The van der Waals surface area contributed by atoms with Gasteiger partial charge in [0, 0.05) is 11.1 Å². The first-order valence-corrected chi connectivity index (χ1v) is 7.21. The van der Waals surface area contributed by atoms with Crippen LogP contribution in [0.15, 0.2) is 52.9 Å². The molecule has 3 N–H and O–H groups in total. The highest BCUT2D eigenvalue weighted by molar-refractivity contribution is 6.30. The molecule has 0 fully saturated rings. The minimum Gasteiger partial charge on any atom is -0.502 e. The summed E-state index contributed by atoms with van der Waals surface area (Å²) in [5, 5.41) is 22.1. The molecular weight excluding hydrogens is 337 g/mol. The number of hydrogen-bond donors (Lipinski definition) is 3. The third-order valence-corrected chi connectivity index (χ3v) is 3.61. The molecular formula is C17H11ClFNO4. The molecule has 0 aliphatic heterocycles. The van der Waals surface area contributed by atoms with Crippen LogP contribution in [0.2, 0.25) is 5.02 Å². The van der Waals surface area contributed by atoms with Crippen molar-refractivity contribution in [2.24, 2.45) is 0 Å². The number of benzene rings is 2. The SMILES string of the molecule is O=C(Nc1oc(-c2ccc(Cl)c(F)c2)c(O)c1O)c1ccccc1. The molecule has 0 aliphatic carbocycles. The lowest BCUT2D eigenvalue weighted by Crippen LogP contribution is -2.10. The molecule has 0 aliphatic rings. The number of furan rings is 1. The molecule has 0 spiro atoms. The molecule has 24 heavy (non-hydrogen) atoms. The normalized spacial score (nSPS) is 10.6. The van der Waals surface area contributed by atoms with Gasteiger partial charge in [0.2, 0.25) is 17.4 Å². The average Bonchev–Trinajstić information content (AvgIpc) is 2.86. The lowest BCUT2D eigenvalue weighted by molar-refractivity contribution is 0.102. The summed E-state index contributed by atoms with van der Waals surface area (Å²) in [6, 6.07) is 12.0. The van der Waals surface area contributed by atoms with Gasteiger partial charge in [-0.3, -0.25) is 10.1 Å². The lowest BCUT2D eigenvalue weighted by Gasteiger charge is -2.02. The van der Waals surface area contributed by atoms with Crippen LogP contribution in [0.5, 0.6) is 11.5 Å². The molecule has 3 rings (SSSR count). The Morgan fingerprint density at radius 3 is 2.46 bits per heavy atom. The van der Waals surface area contributed by atoms with Crippen LogP contribution in [0.1, 0.15) is 10.4 Å². The first-order valence-electron chi connectivity index (χ1n) is 6.84. The van der Waals surface area contributed by atoms with Gasteiger partial charge >= 0.3 is 0 Å². The number of carbonyl (C=O) groups excluding carboxylic acids is 1. The quantitative estimate of drug-likeness (QED) is 0.655. The van der Waals surface area contributed by atoms with E-state index in [-0.39, 0.29) is 22.2 Å². The number of rotatable bonds is 3. The molecule has 0 unspecified atom stereocenters. The second-order valence-corrected chi connectivity index (χ2v) is 5.31. The third kappa shape index (κ3) is 2.91. The van der Waals surface area contributed by atoms with Gasteiger partial charge in [-0.05, 0) is 30.3 Å². The van der Waals surface area contributed by atoms with Gasteiger partial charge in [-0.15, -0.1) is 0 Å². The van der Waals surface area contributed by atoms with Gasteiger partial charge in [0.15, 0.2) is 5.76 Å². The number of hydrogen-bond acceptors (Lipinski definition) is 4. The molecule has 0 radical (unpaired) electrons. The minimum atomic E-state index is -0.709. The van der Waals surface area contributed by atoms with Crippen LogP contribution in [0.4, 0.5) is 10.3 Å². The zero-order valence-corrected chi connectivity index (χ0v) is 12.8. The Morgan fingerprint density at radius 1 is 1.08 bits per heavy atom. The smallest absolute Gasteiger partial charge is 0.258 e. The van der Waals surface area contributed by atoms with Crippen LogP contribution in [0, 0.1) is 5.82 Å². The van der Waals surface area contributed by atoms with Gasteiger partial charge in [-0.1, -0.05) is 29.8 Å². The van der Waals surface area contributed by atoms with Crippen molar-refractivity contribution < 1.29 is 23.8 Å². The summed E-state index contributed by atoms with van der Waals surface area (Å²) >= 11 is 5.61. The number of aromatic hydroxyl groups is 2. The van der Waals surface area contributed by atoms with Crippen LogP contribution >= 0.6 is 11.6 Å². The largest absolute Gasteiger partial charge is 0.502 e.